The molecule has 2 rings (SSSR count). The smallest absolute Gasteiger partial charge is 0.244 e. The van der Waals surface area contributed by atoms with Gasteiger partial charge in [0, 0.05) is 18.1 Å². The topological polar surface area (TPSA) is 44.4 Å². The summed E-state index contributed by atoms with van der Waals surface area (Å²) >= 11 is 22.8. The molecule has 1 saturated heterocycles. The van der Waals surface area contributed by atoms with Crippen molar-refractivity contribution in [3.05, 3.63) is 27.2 Å². The van der Waals surface area contributed by atoms with E-state index in [2.05, 4.69) is 10.6 Å². The first-order valence-electron chi connectivity index (χ1n) is 5.44. The minimum Gasteiger partial charge on any atom is -0.361 e. The molecular weight excluding hydrogens is 329 g/mol. The predicted octanol–water partition coefficient (Wildman–Crippen LogP) is 2.78. The summed E-state index contributed by atoms with van der Waals surface area (Å²) in [4.78, 5) is 13.7. The van der Waals surface area contributed by atoms with E-state index < -0.39 is 0 Å². The second kappa shape index (κ2) is 6.13. The zero-order valence-corrected chi connectivity index (χ0v) is 12.8. The largest absolute Gasteiger partial charge is 0.361 e. The number of thiocarbonyl (C=S) groups is 1. The first-order chi connectivity index (χ1) is 8.97. The Bertz CT molecular complexity index is 515. The van der Waals surface area contributed by atoms with Crippen LogP contribution in [0, 0.1) is 0 Å². The van der Waals surface area contributed by atoms with Crippen LogP contribution in [0.25, 0.3) is 0 Å². The number of nitrogens with zero attached hydrogens (tertiary/aromatic N) is 1. The van der Waals surface area contributed by atoms with Crippen LogP contribution in [0.15, 0.2) is 12.1 Å². The van der Waals surface area contributed by atoms with Gasteiger partial charge in [0.15, 0.2) is 5.11 Å². The summed E-state index contributed by atoms with van der Waals surface area (Å²) in [7, 11) is 0. The SMILES string of the molecule is O=C(CN1CCNC1=S)Nc1c(Cl)cc(Cl)cc1Cl. The van der Waals surface area contributed by atoms with Crippen molar-refractivity contribution in [3.63, 3.8) is 0 Å². The van der Waals surface area contributed by atoms with Gasteiger partial charge in [0.05, 0.1) is 22.3 Å². The highest BCUT2D eigenvalue weighted by atomic mass is 35.5. The molecule has 1 amide bonds. The zero-order chi connectivity index (χ0) is 14.0. The molecule has 1 aromatic carbocycles. The molecule has 0 bridgehead atoms. The van der Waals surface area contributed by atoms with Gasteiger partial charge in [-0.2, -0.15) is 0 Å². The van der Waals surface area contributed by atoms with Gasteiger partial charge in [-0.3, -0.25) is 4.79 Å². The number of rotatable bonds is 3. The second-order valence-corrected chi connectivity index (χ2v) is 5.58. The van der Waals surface area contributed by atoms with E-state index in [1.165, 1.54) is 12.1 Å². The van der Waals surface area contributed by atoms with E-state index in [4.69, 9.17) is 47.0 Å². The van der Waals surface area contributed by atoms with E-state index in [-0.39, 0.29) is 12.5 Å². The summed E-state index contributed by atoms with van der Waals surface area (Å²) in [5.41, 5.74) is 0.357. The highest BCUT2D eigenvalue weighted by Gasteiger charge is 2.19. The maximum Gasteiger partial charge on any atom is 0.244 e. The van der Waals surface area contributed by atoms with E-state index in [9.17, 15) is 4.79 Å². The lowest BCUT2D eigenvalue weighted by Gasteiger charge is -2.16. The van der Waals surface area contributed by atoms with E-state index in [1.54, 1.807) is 4.90 Å². The van der Waals surface area contributed by atoms with Crippen molar-refractivity contribution in [2.24, 2.45) is 0 Å². The number of anilines is 1. The van der Waals surface area contributed by atoms with Crippen molar-refractivity contribution in [2.45, 2.75) is 0 Å². The van der Waals surface area contributed by atoms with E-state index >= 15 is 0 Å². The third-order valence-corrected chi connectivity index (χ3v) is 3.77. The van der Waals surface area contributed by atoms with Gasteiger partial charge in [0.25, 0.3) is 0 Å². The van der Waals surface area contributed by atoms with Crippen LogP contribution in [0.5, 0.6) is 0 Å². The normalized spacial score (nSPS) is 14.5. The molecular formula is C11H10Cl3N3OS. The Balaban J connectivity index is 2.05. The van der Waals surface area contributed by atoms with Crippen molar-refractivity contribution in [1.82, 2.24) is 10.2 Å². The second-order valence-electron chi connectivity index (χ2n) is 3.95. The lowest BCUT2D eigenvalue weighted by atomic mass is 10.3. The molecule has 0 spiro atoms. The van der Waals surface area contributed by atoms with Crippen LogP contribution in [-0.2, 0) is 4.79 Å². The minimum absolute atomic E-state index is 0.154. The van der Waals surface area contributed by atoms with Crippen LogP contribution in [0.2, 0.25) is 15.1 Å². The number of benzene rings is 1. The predicted molar refractivity (Wildman–Crippen MR) is 82.3 cm³/mol. The van der Waals surface area contributed by atoms with Gasteiger partial charge in [-0.25, -0.2) is 0 Å². The monoisotopic (exact) mass is 337 g/mol. The molecule has 1 aromatic rings. The van der Waals surface area contributed by atoms with Gasteiger partial charge in [-0.05, 0) is 24.4 Å². The zero-order valence-electron chi connectivity index (χ0n) is 9.67. The van der Waals surface area contributed by atoms with Crippen LogP contribution in [0.3, 0.4) is 0 Å². The van der Waals surface area contributed by atoms with Gasteiger partial charge in [-0.15, -0.1) is 0 Å². The third-order valence-electron chi connectivity index (χ3n) is 2.55. The lowest BCUT2D eigenvalue weighted by Crippen LogP contribution is -2.35. The minimum atomic E-state index is -0.239. The average Bonchev–Trinajstić information content (AvgIpc) is 2.69. The van der Waals surface area contributed by atoms with Crippen molar-refractivity contribution < 1.29 is 4.79 Å². The molecule has 1 aliphatic heterocycles. The fourth-order valence-corrected chi connectivity index (χ4v) is 2.85. The standard InChI is InChI=1S/C11H10Cl3N3OS/c12-6-3-7(13)10(8(14)4-6)16-9(18)5-17-2-1-15-11(17)19/h3-4H,1-2,5H2,(H,15,19)(H,16,18). The van der Waals surface area contributed by atoms with Gasteiger partial charge >= 0.3 is 0 Å². The maximum atomic E-state index is 11.9. The molecule has 8 heteroatoms. The molecule has 0 radical (unpaired) electrons. The molecule has 2 N–H and O–H groups in total. The quantitative estimate of drug-likeness (QED) is 0.832. The number of nitrogens with one attached hydrogen (secondary N) is 2. The molecule has 0 unspecified atom stereocenters. The van der Waals surface area contributed by atoms with Gasteiger partial charge in [0.2, 0.25) is 5.91 Å². The first kappa shape index (κ1) is 14.7. The van der Waals surface area contributed by atoms with Crippen molar-refractivity contribution >= 4 is 63.7 Å². The summed E-state index contributed by atoms with van der Waals surface area (Å²) < 4.78 is 0. The Kier molecular flexibility index (Phi) is 4.73. The summed E-state index contributed by atoms with van der Waals surface area (Å²) in [6.45, 7) is 1.60. The summed E-state index contributed by atoms with van der Waals surface area (Å²) in [5.74, 6) is -0.239. The summed E-state index contributed by atoms with van der Waals surface area (Å²) in [5, 5.41) is 7.22. The summed E-state index contributed by atoms with van der Waals surface area (Å²) in [6.07, 6.45) is 0. The molecule has 0 saturated carbocycles. The van der Waals surface area contributed by atoms with Gasteiger partial charge in [0.1, 0.15) is 0 Å². The van der Waals surface area contributed by atoms with Gasteiger partial charge in [-0.1, -0.05) is 34.8 Å². The Morgan fingerprint density at radius 1 is 1.37 bits per heavy atom. The number of carbonyl (C=O) groups is 1. The average molecular weight is 339 g/mol. The molecule has 1 heterocycles. The first-order valence-corrected chi connectivity index (χ1v) is 6.99. The summed E-state index contributed by atoms with van der Waals surface area (Å²) in [6, 6.07) is 3.04. The number of amides is 1. The van der Waals surface area contributed by atoms with E-state index in [1.807, 2.05) is 0 Å². The van der Waals surface area contributed by atoms with Gasteiger partial charge < -0.3 is 15.5 Å². The highest BCUT2D eigenvalue weighted by molar-refractivity contribution is 7.80. The van der Waals surface area contributed by atoms with Crippen LogP contribution < -0.4 is 10.6 Å². The molecule has 102 valence electrons. The molecule has 1 fully saturated rings. The lowest BCUT2D eigenvalue weighted by molar-refractivity contribution is -0.116. The van der Waals surface area contributed by atoms with Crippen molar-refractivity contribution in [1.29, 1.82) is 0 Å². The molecule has 4 nitrogen and oxygen atoms in total. The third kappa shape index (κ3) is 3.63. The van der Waals surface area contributed by atoms with Crippen molar-refractivity contribution in [2.75, 3.05) is 25.0 Å². The number of hydrogen-bond acceptors (Lipinski definition) is 2. The Labute approximate surface area is 131 Å². The van der Waals surface area contributed by atoms with Crippen LogP contribution in [0.4, 0.5) is 5.69 Å². The number of hydrogen-bond donors (Lipinski definition) is 2. The van der Waals surface area contributed by atoms with Crippen LogP contribution >= 0.6 is 47.0 Å². The van der Waals surface area contributed by atoms with Crippen LogP contribution in [0.1, 0.15) is 0 Å². The van der Waals surface area contributed by atoms with Crippen molar-refractivity contribution in [3.8, 4) is 0 Å². The van der Waals surface area contributed by atoms with E-state index in [0.29, 0.717) is 32.4 Å². The molecule has 19 heavy (non-hydrogen) atoms. The maximum absolute atomic E-state index is 11.9. The van der Waals surface area contributed by atoms with E-state index in [0.717, 1.165) is 6.54 Å². The number of carbonyl (C=O) groups excluding carboxylic acids is 1. The highest BCUT2D eigenvalue weighted by Crippen LogP contribution is 2.33. The van der Waals surface area contributed by atoms with Crippen LogP contribution in [-0.4, -0.2) is 35.6 Å². The Morgan fingerprint density at radius 3 is 2.53 bits per heavy atom. The molecule has 0 aliphatic carbocycles. The number of halogens is 3. The molecule has 0 aromatic heterocycles. The fourth-order valence-electron chi connectivity index (χ4n) is 1.68. The molecule has 0 atom stereocenters. The fraction of sp³-hybridized carbons (Fsp3) is 0.273. The Hall–Kier alpha value is -0.750. The Morgan fingerprint density at radius 2 is 2.00 bits per heavy atom. The molecule has 1 aliphatic rings.